The Morgan fingerprint density at radius 3 is 2.55 bits per heavy atom. The van der Waals surface area contributed by atoms with Crippen LogP contribution < -0.4 is 4.74 Å². The Morgan fingerprint density at radius 1 is 1.45 bits per heavy atom. The molecule has 1 aromatic carbocycles. The van der Waals surface area contributed by atoms with Gasteiger partial charge in [0.05, 0.1) is 23.5 Å². The highest BCUT2D eigenvalue weighted by atomic mass is 32.2. The van der Waals surface area contributed by atoms with Gasteiger partial charge in [0.2, 0.25) is 10.0 Å². The minimum atomic E-state index is -3.88. The number of nitro groups is 1. The summed E-state index contributed by atoms with van der Waals surface area (Å²) < 4.78 is 30.4. The van der Waals surface area contributed by atoms with E-state index >= 15 is 0 Å². The summed E-state index contributed by atoms with van der Waals surface area (Å²) in [6.07, 6.45) is 0. The van der Waals surface area contributed by atoms with E-state index in [1.807, 2.05) is 0 Å². The first-order valence-electron chi connectivity index (χ1n) is 5.81. The number of hydrogen-bond donors (Lipinski definition) is 1. The summed E-state index contributed by atoms with van der Waals surface area (Å²) in [7, 11) is -2.62. The maximum atomic E-state index is 12.3. The molecule has 0 fully saturated rings. The Bertz CT molecular complexity index is 587. The van der Waals surface area contributed by atoms with Crippen LogP contribution in [-0.2, 0) is 10.0 Å². The zero-order valence-corrected chi connectivity index (χ0v) is 12.0. The SMILES string of the molecule is CCN(CCO)S(=O)(=O)c1ccc(OC)c([N+](=O)[O-])c1. The monoisotopic (exact) mass is 304 g/mol. The van der Waals surface area contributed by atoms with Crippen molar-refractivity contribution in [2.75, 3.05) is 26.8 Å². The second kappa shape index (κ2) is 6.64. The predicted molar refractivity (Wildman–Crippen MR) is 71.2 cm³/mol. The molecule has 0 aliphatic rings. The number of nitro benzene ring substituents is 1. The third kappa shape index (κ3) is 3.24. The Morgan fingerprint density at radius 2 is 2.10 bits per heavy atom. The first-order chi connectivity index (χ1) is 9.38. The molecule has 1 rings (SSSR count). The Labute approximate surface area is 116 Å². The van der Waals surface area contributed by atoms with Crippen LogP contribution in [0.5, 0.6) is 5.75 Å². The Hall–Kier alpha value is -1.71. The molecule has 1 aromatic rings. The number of aliphatic hydroxyl groups excluding tert-OH is 1. The number of hydrogen-bond acceptors (Lipinski definition) is 6. The van der Waals surface area contributed by atoms with E-state index in [4.69, 9.17) is 9.84 Å². The van der Waals surface area contributed by atoms with Gasteiger partial charge in [-0.1, -0.05) is 6.92 Å². The molecule has 0 saturated heterocycles. The molecule has 8 nitrogen and oxygen atoms in total. The minimum Gasteiger partial charge on any atom is -0.490 e. The number of ether oxygens (including phenoxy) is 1. The smallest absolute Gasteiger partial charge is 0.312 e. The van der Waals surface area contributed by atoms with Crippen LogP contribution in [0.25, 0.3) is 0 Å². The van der Waals surface area contributed by atoms with Crippen LogP contribution in [0, 0.1) is 10.1 Å². The molecule has 0 aliphatic carbocycles. The maximum absolute atomic E-state index is 12.3. The van der Waals surface area contributed by atoms with Crippen LogP contribution in [0.1, 0.15) is 6.92 Å². The third-order valence-corrected chi connectivity index (χ3v) is 4.66. The van der Waals surface area contributed by atoms with Crippen molar-refractivity contribution in [3.63, 3.8) is 0 Å². The van der Waals surface area contributed by atoms with Gasteiger partial charge in [0, 0.05) is 19.2 Å². The van der Waals surface area contributed by atoms with Crippen LogP contribution in [0.4, 0.5) is 5.69 Å². The lowest BCUT2D eigenvalue weighted by Crippen LogP contribution is -2.33. The van der Waals surface area contributed by atoms with Crippen molar-refractivity contribution in [3.8, 4) is 5.75 Å². The number of aliphatic hydroxyl groups is 1. The van der Waals surface area contributed by atoms with Gasteiger partial charge in [0.15, 0.2) is 5.75 Å². The molecule has 0 spiro atoms. The van der Waals surface area contributed by atoms with E-state index in [1.54, 1.807) is 6.92 Å². The van der Waals surface area contributed by atoms with Crippen molar-refractivity contribution in [1.82, 2.24) is 4.31 Å². The molecule has 9 heteroatoms. The molecule has 0 atom stereocenters. The van der Waals surface area contributed by atoms with Gasteiger partial charge in [-0.15, -0.1) is 0 Å². The Kier molecular flexibility index (Phi) is 5.43. The van der Waals surface area contributed by atoms with Crippen LogP contribution in [0.3, 0.4) is 0 Å². The molecule has 0 amide bonds. The summed E-state index contributed by atoms with van der Waals surface area (Å²) in [6, 6.07) is 3.42. The predicted octanol–water partition coefficient (Wildman–Crippen LogP) is 0.606. The van der Waals surface area contributed by atoms with Gasteiger partial charge < -0.3 is 9.84 Å². The quantitative estimate of drug-likeness (QED) is 0.583. The van der Waals surface area contributed by atoms with E-state index in [-0.39, 0.29) is 30.3 Å². The fourth-order valence-corrected chi connectivity index (χ4v) is 3.14. The van der Waals surface area contributed by atoms with Gasteiger partial charge in [-0.2, -0.15) is 4.31 Å². The summed E-state index contributed by atoms with van der Waals surface area (Å²) in [5, 5.41) is 19.8. The average molecular weight is 304 g/mol. The van der Waals surface area contributed by atoms with E-state index < -0.39 is 20.6 Å². The van der Waals surface area contributed by atoms with E-state index in [2.05, 4.69) is 0 Å². The molecule has 112 valence electrons. The number of benzene rings is 1. The molecular formula is C11H16N2O6S. The van der Waals surface area contributed by atoms with Crippen molar-refractivity contribution in [3.05, 3.63) is 28.3 Å². The molecular weight excluding hydrogens is 288 g/mol. The van der Waals surface area contributed by atoms with E-state index in [0.29, 0.717) is 0 Å². The van der Waals surface area contributed by atoms with E-state index in [0.717, 1.165) is 10.4 Å². The number of likely N-dealkylation sites (N-methyl/N-ethyl adjacent to an activating group) is 1. The Balaban J connectivity index is 3.32. The van der Waals surface area contributed by atoms with Gasteiger partial charge in [-0.25, -0.2) is 8.42 Å². The number of rotatable bonds is 7. The average Bonchev–Trinajstić information content (AvgIpc) is 2.43. The largest absolute Gasteiger partial charge is 0.490 e. The molecule has 0 bridgehead atoms. The second-order valence-corrected chi connectivity index (χ2v) is 5.75. The lowest BCUT2D eigenvalue weighted by Gasteiger charge is -2.19. The first-order valence-corrected chi connectivity index (χ1v) is 7.26. The number of nitrogens with zero attached hydrogens (tertiary/aromatic N) is 2. The van der Waals surface area contributed by atoms with Gasteiger partial charge in [-0.3, -0.25) is 10.1 Å². The molecule has 0 radical (unpaired) electrons. The van der Waals surface area contributed by atoms with Crippen LogP contribution in [0.15, 0.2) is 23.1 Å². The second-order valence-electron chi connectivity index (χ2n) is 3.81. The maximum Gasteiger partial charge on any atom is 0.312 e. The highest BCUT2D eigenvalue weighted by molar-refractivity contribution is 7.89. The molecule has 0 saturated carbocycles. The highest BCUT2D eigenvalue weighted by Gasteiger charge is 2.26. The first kappa shape index (κ1) is 16.3. The highest BCUT2D eigenvalue weighted by Crippen LogP contribution is 2.30. The molecule has 1 N–H and O–H groups in total. The van der Waals surface area contributed by atoms with Crippen LogP contribution in [-0.4, -0.2) is 49.6 Å². The molecule has 0 unspecified atom stereocenters. The van der Waals surface area contributed by atoms with Crippen molar-refractivity contribution < 1.29 is 23.2 Å². The van der Waals surface area contributed by atoms with Gasteiger partial charge >= 0.3 is 5.69 Å². The molecule has 0 aromatic heterocycles. The molecule has 20 heavy (non-hydrogen) atoms. The third-order valence-electron chi connectivity index (χ3n) is 2.69. The molecule has 0 heterocycles. The van der Waals surface area contributed by atoms with Crippen molar-refractivity contribution >= 4 is 15.7 Å². The fourth-order valence-electron chi connectivity index (χ4n) is 1.68. The van der Waals surface area contributed by atoms with E-state index in [9.17, 15) is 18.5 Å². The normalized spacial score (nSPS) is 11.6. The summed E-state index contributed by atoms with van der Waals surface area (Å²) in [5.74, 6) is -0.0147. The van der Waals surface area contributed by atoms with Crippen LogP contribution in [0.2, 0.25) is 0 Å². The molecule has 0 aliphatic heterocycles. The summed E-state index contributed by atoms with van der Waals surface area (Å²) in [6.45, 7) is 1.37. The zero-order chi connectivity index (χ0) is 15.3. The standard InChI is InChI=1S/C11H16N2O6S/c1-3-12(6-7-14)20(17,18)9-4-5-11(19-2)10(8-9)13(15)16/h4-5,8,14H,3,6-7H2,1-2H3. The fraction of sp³-hybridized carbons (Fsp3) is 0.455. The van der Waals surface area contributed by atoms with Gasteiger partial charge in [-0.05, 0) is 12.1 Å². The lowest BCUT2D eigenvalue weighted by atomic mass is 10.3. The summed E-state index contributed by atoms with van der Waals surface area (Å²) in [4.78, 5) is 9.99. The number of methoxy groups -OCH3 is 1. The summed E-state index contributed by atoms with van der Waals surface area (Å²) >= 11 is 0. The van der Waals surface area contributed by atoms with Gasteiger partial charge in [0.1, 0.15) is 0 Å². The summed E-state index contributed by atoms with van der Waals surface area (Å²) in [5.41, 5.74) is -0.423. The lowest BCUT2D eigenvalue weighted by molar-refractivity contribution is -0.386. The minimum absolute atomic E-state index is 0.0147. The zero-order valence-electron chi connectivity index (χ0n) is 11.1. The van der Waals surface area contributed by atoms with Gasteiger partial charge in [0.25, 0.3) is 0 Å². The topological polar surface area (TPSA) is 110 Å². The van der Waals surface area contributed by atoms with Crippen molar-refractivity contribution in [2.45, 2.75) is 11.8 Å². The van der Waals surface area contributed by atoms with Crippen LogP contribution >= 0.6 is 0 Å². The van der Waals surface area contributed by atoms with Crippen molar-refractivity contribution in [2.24, 2.45) is 0 Å². The van der Waals surface area contributed by atoms with Crippen molar-refractivity contribution in [1.29, 1.82) is 0 Å². The number of sulfonamides is 1. The van der Waals surface area contributed by atoms with E-state index in [1.165, 1.54) is 19.2 Å².